The molecular formula is C20H18FN3O3S. The highest BCUT2D eigenvalue weighted by Crippen LogP contribution is 2.29. The Labute approximate surface area is 165 Å². The van der Waals surface area contributed by atoms with Gasteiger partial charge in [0.15, 0.2) is 18.2 Å². The number of thiazole rings is 1. The van der Waals surface area contributed by atoms with Gasteiger partial charge in [0.25, 0.3) is 5.91 Å². The summed E-state index contributed by atoms with van der Waals surface area (Å²) in [5.74, 6) is 0.157. The first-order chi connectivity index (χ1) is 13.5. The molecule has 0 bridgehead atoms. The second-order valence-electron chi connectivity index (χ2n) is 6.39. The molecule has 8 heteroatoms. The number of halogens is 1. The summed E-state index contributed by atoms with van der Waals surface area (Å²) in [7, 11) is 1.42. The van der Waals surface area contributed by atoms with Crippen molar-refractivity contribution in [1.82, 2.24) is 14.9 Å². The van der Waals surface area contributed by atoms with Gasteiger partial charge in [0, 0.05) is 10.9 Å². The number of aromatic nitrogens is 2. The highest BCUT2D eigenvalue weighted by molar-refractivity contribution is 7.09. The van der Waals surface area contributed by atoms with E-state index in [2.05, 4.69) is 9.97 Å². The van der Waals surface area contributed by atoms with Gasteiger partial charge in [-0.15, -0.1) is 11.3 Å². The van der Waals surface area contributed by atoms with E-state index in [1.165, 1.54) is 13.2 Å². The molecule has 6 nitrogen and oxygen atoms in total. The molecule has 0 radical (unpaired) electrons. The topological polar surface area (TPSA) is 64.5 Å². The predicted octanol–water partition coefficient (Wildman–Crippen LogP) is 3.58. The molecule has 0 saturated heterocycles. The van der Waals surface area contributed by atoms with Gasteiger partial charge in [-0.3, -0.25) is 4.79 Å². The number of aryl methyl sites for hydroxylation is 1. The van der Waals surface area contributed by atoms with Crippen LogP contribution in [-0.2, 0) is 17.9 Å². The zero-order valence-corrected chi connectivity index (χ0v) is 16.3. The van der Waals surface area contributed by atoms with Gasteiger partial charge in [0.1, 0.15) is 11.4 Å². The molecule has 4 rings (SSSR count). The van der Waals surface area contributed by atoms with Crippen LogP contribution in [0.4, 0.5) is 4.39 Å². The monoisotopic (exact) mass is 399 g/mol. The summed E-state index contributed by atoms with van der Waals surface area (Å²) in [6.45, 7) is 2.58. The quantitative estimate of drug-likeness (QED) is 0.671. The van der Waals surface area contributed by atoms with E-state index in [1.807, 2.05) is 12.3 Å². The molecule has 1 amide bonds. The average Bonchev–Trinajstić information content (AvgIpc) is 3.03. The van der Waals surface area contributed by atoms with Crippen LogP contribution >= 0.6 is 11.3 Å². The lowest BCUT2D eigenvalue weighted by Crippen LogP contribution is -2.32. The van der Waals surface area contributed by atoms with Gasteiger partial charge in [-0.05, 0) is 37.3 Å². The molecule has 0 N–H and O–H groups in total. The molecule has 2 aromatic heterocycles. The molecule has 28 heavy (non-hydrogen) atoms. The van der Waals surface area contributed by atoms with Gasteiger partial charge in [-0.1, -0.05) is 0 Å². The van der Waals surface area contributed by atoms with Crippen LogP contribution in [0.15, 0.2) is 35.7 Å². The van der Waals surface area contributed by atoms with Gasteiger partial charge in [-0.2, -0.15) is 0 Å². The molecule has 0 fully saturated rings. The molecule has 144 valence electrons. The summed E-state index contributed by atoms with van der Waals surface area (Å²) in [4.78, 5) is 23.2. The number of nitrogens with zero attached hydrogens (tertiary/aromatic N) is 3. The SMILES string of the molecule is COc1ccc(-c2ccc3c(n2)CN(Cc2csc(C)n2)C(=O)CO3)cc1F. The third-order valence-electron chi connectivity index (χ3n) is 4.44. The van der Waals surface area contributed by atoms with E-state index >= 15 is 0 Å². The Morgan fingerprint density at radius 2 is 2.14 bits per heavy atom. The Kier molecular flexibility index (Phi) is 4.95. The van der Waals surface area contributed by atoms with E-state index in [1.54, 1.807) is 40.5 Å². The molecule has 1 aliphatic heterocycles. The molecular weight excluding hydrogens is 381 g/mol. The highest BCUT2D eigenvalue weighted by Gasteiger charge is 2.24. The number of amides is 1. The van der Waals surface area contributed by atoms with Gasteiger partial charge in [0.05, 0.1) is 36.6 Å². The van der Waals surface area contributed by atoms with Crippen LogP contribution in [-0.4, -0.2) is 34.5 Å². The van der Waals surface area contributed by atoms with Crippen LogP contribution in [0.25, 0.3) is 11.3 Å². The summed E-state index contributed by atoms with van der Waals surface area (Å²) < 4.78 is 24.6. The minimum Gasteiger partial charge on any atom is -0.494 e. The molecule has 0 atom stereocenters. The number of carbonyl (C=O) groups excluding carboxylic acids is 1. The van der Waals surface area contributed by atoms with Gasteiger partial charge < -0.3 is 14.4 Å². The number of pyridine rings is 1. The Balaban J connectivity index is 1.63. The third kappa shape index (κ3) is 3.68. The number of ether oxygens (including phenoxy) is 2. The lowest BCUT2D eigenvalue weighted by Gasteiger charge is -2.18. The number of methoxy groups -OCH3 is 1. The molecule has 0 saturated carbocycles. The number of hydrogen-bond acceptors (Lipinski definition) is 6. The van der Waals surface area contributed by atoms with Gasteiger partial charge in [-0.25, -0.2) is 14.4 Å². The first-order valence-corrected chi connectivity index (χ1v) is 9.57. The largest absolute Gasteiger partial charge is 0.494 e. The van der Waals surface area contributed by atoms with Crippen molar-refractivity contribution in [3.63, 3.8) is 0 Å². The number of hydrogen-bond donors (Lipinski definition) is 0. The normalized spacial score (nSPS) is 13.7. The Hall–Kier alpha value is -3.00. The van der Waals surface area contributed by atoms with E-state index in [0.29, 0.717) is 35.8 Å². The fourth-order valence-corrected chi connectivity index (χ4v) is 3.64. The van der Waals surface area contributed by atoms with Crippen LogP contribution in [0.5, 0.6) is 11.5 Å². The molecule has 0 spiro atoms. The second-order valence-corrected chi connectivity index (χ2v) is 7.45. The number of benzene rings is 1. The molecule has 1 aromatic carbocycles. The van der Waals surface area contributed by atoms with Crippen molar-refractivity contribution in [2.24, 2.45) is 0 Å². The van der Waals surface area contributed by atoms with Crippen molar-refractivity contribution >= 4 is 17.2 Å². The fourth-order valence-electron chi connectivity index (χ4n) is 3.04. The van der Waals surface area contributed by atoms with E-state index in [4.69, 9.17) is 9.47 Å². The summed E-state index contributed by atoms with van der Waals surface area (Å²) in [5.41, 5.74) is 2.69. The fraction of sp³-hybridized carbons (Fsp3) is 0.250. The van der Waals surface area contributed by atoms with Crippen LogP contribution in [0, 0.1) is 12.7 Å². The molecule has 1 aliphatic rings. The maximum atomic E-state index is 14.1. The van der Waals surface area contributed by atoms with Gasteiger partial charge >= 0.3 is 0 Å². The first kappa shape index (κ1) is 18.4. The summed E-state index contributed by atoms with van der Waals surface area (Å²) in [5, 5.41) is 2.90. The highest BCUT2D eigenvalue weighted by atomic mass is 32.1. The van der Waals surface area contributed by atoms with Crippen LogP contribution < -0.4 is 9.47 Å². The van der Waals surface area contributed by atoms with Crippen molar-refractivity contribution in [2.75, 3.05) is 13.7 Å². The van der Waals surface area contributed by atoms with E-state index < -0.39 is 5.82 Å². The Morgan fingerprint density at radius 1 is 1.29 bits per heavy atom. The molecule has 0 unspecified atom stereocenters. The summed E-state index contributed by atoms with van der Waals surface area (Å²) in [6.07, 6.45) is 0. The van der Waals surface area contributed by atoms with Crippen LogP contribution in [0.2, 0.25) is 0 Å². The Bertz CT molecular complexity index is 1040. The van der Waals surface area contributed by atoms with Gasteiger partial charge in [0.2, 0.25) is 0 Å². The van der Waals surface area contributed by atoms with Crippen molar-refractivity contribution < 1.29 is 18.7 Å². The number of carbonyl (C=O) groups is 1. The predicted molar refractivity (Wildman–Crippen MR) is 103 cm³/mol. The lowest BCUT2D eigenvalue weighted by atomic mass is 10.1. The maximum Gasteiger partial charge on any atom is 0.261 e. The maximum absolute atomic E-state index is 14.1. The zero-order chi connectivity index (χ0) is 19.7. The number of fused-ring (bicyclic) bond motifs is 1. The smallest absolute Gasteiger partial charge is 0.261 e. The summed E-state index contributed by atoms with van der Waals surface area (Å²) in [6, 6.07) is 8.21. The lowest BCUT2D eigenvalue weighted by molar-refractivity contribution is -0.133. The van der Waals surface area contributed by atoms with Crippen molar-refractivity contribution in [3.05, 3.63) is 57.9 Å². The molecule has 3 heterocycles. The number of rotatable bonds is 4. The van der Waals surface area contributed by atoms with E-state index in [0.717, 1.165) is 10.7 Å². The second kappa shape index (κ2) is 7.55. The van der Waals surface area contributed by atoms with Crippen molar-refractivity contribution in [3.8, 4) is 22.8 Å². The Morgan fingerprint density at radius 3 is 2.86 bits per heavy atom. The average molecular weight is 399 g/mol. The van der Waals surface area contributed by atoms with Crippen molar-refractivity contribution in [1.29, 1.82) is 0 Å². The van der Waals surface area contributed by atoms with E-state index in [9.17, 15) is 9.18 Å². The van der Waals surface area contributed by atoms with E-state index in [-0.39, 0.29) is 18.3 Å². The standard InChI is InChI=1S/C20H18FN3O3S/c1-12-22-14(11-28-12)8-24-9-17-19(27-10-20(24)25)6-4-16(23-17)13-3-5-18(26-2)15(21)7-13/h3-7,11H,8-10H2,1-2H3. The van der Waals surface area contributed by atoms with Crippen molar-refractivity contribution in [2.45, 2.75) is 20.0 Å². The first-order valence-electron chi connectivity index (χ1n) is 8.69. The third-order valence-corrected chi connectivity index (χ3v) is 5.27. The van der Waals surface area contributed by atoms with Crippen LogP contribution in [0.1, 0.15) is 16.4 Å². The zero-order valence-electron chi connectivity index (χ0n) is 15.4. The summed E-state index contributed by atoms with van der Waals surface area (Å²) >= 11 is 1.55. The minimum atomic E-state index is -0.455. The van der Waals surface area contributed by atoms with Crippen LogP contribution in [0.3, 0.4) is 0 Å². The minimum absolute atomic E-state index is 0.0473. The molecule has 3 aromatic rings. The molecule has 0 aliphatic carbocycles.